The van der Waals surface area contributed by atoms with E-state index in [1.165, 1.54) is 30.6 Å². The summed E-state index contributed by atoms with van der Waals surface area (Å²) in [6, 6.07) is 5.82. The molecule has 0 fully saturated rings. The average Bonchev–Trinajstić information content (AvgIpc) is 2.42. The number of sulfonamides is 1. The van der Waals surface area contributed by atoms with Gasteiger partial charge in [0, 0.05) is 12.4 Å². The Balaban J connectivity index is 2.28. The lowest BCUT2D eigenvalue weighted by Crippen LogP contribution is -2.14. The number of nitrogens with zero attached hydrogens (tertiary/aromatic N) is 2. The van der Waals surface area contributed by atoms with Gasteiger partial charge >= 0.3 is 0 Å². The van der Waals surface area contributed by atoms with Gasteiger partial charge in [0.25, 0.3) is 10.0 Å². The largest absolute Gasteiger partial charge is 0.492 e. The predicted molar refractivity (Wildman–Crippen MR) is 75.5 cm³/mol. The molecule has 2 rings (SSSR count). The summed E-state index contributed by atoms with van der Waals surface area (Å²) in [5.41, 5.74) is 0. The van der Waals surface area contributed by atoms with Crippen LogP contribution in [0.15, 0.2) is 41.6 Å². The van der Waals surface area contributed by atoms with E-state index in [-0.39, 0.29) is 15.9 Å². The Morgan fingerprint density at radius 2 is 2.00 bits per heavy atom. The molecule has 1 N–H and O–H groups in total. The lowest BCUT2D eigenvalue weighted by molar-refractivity contribution is 0.340. The second-order valence-electron chi connectivity index (χ2n) is 3.70. The maximum Gasteiger partial charge on any atom is 0.264 e. The second kappa shape index (κ2) is 6.06. The Morgan fingerprint density at radius 1 is 1.30 bits per heavy atom. The molecule has 0 aliphatic heterocycles. The van der Waals surface area contributed by atoms with Crippen LogP contribution in [0.4, 0.5) is 5.95 Å². The molecule has 2 aromatic rings. The summed E-state index contributed by atoms with van der Waals surface area (Å²) >= 11 is 5.97. The standard InChI is InChI=1S/C12H12ClN3O3S/c1-2-19-11-5-4-9(8-10(11)13)20(17,18)16-12-14-6-3-7-15-12/h3-8H,2H2,1H3,(H,14,15,16). The number of halogens is 1. The summed E-state index contributed by atoms with van der Waals surface area (Å²) in [6.07, 6.45) is 2.88. The molecule has 0 unspecified atom stereocenters. The molecule has 1 aromatic heterocycles. The topological polar surface area (TPSA) is 81.2 Å². The number of nitrogens with one attached hydrogen (secondary N) is 1. The van der Waals surface area contributed by atoms with E-state index in [2.05, 4.69) is 14.7 Å². The van der Waals surface area contributed by atoms with E-state index >= 15 is 0 Å². The summed E-state index contributed by atoms with van der Waals surface area (Å²) in [4.78, 5) is 7.61. The van der Waals surface area contributed by atoms with Crippen LogP contribution in [0.5, 0.6) is 5.75 Å². The second-order valence-corrected chi connectivity index (χ2v) is 5.79. The zero-order valence-corrected chi connectivity index (χ0v) is 12.1. The first-order valence-corrected chi connectivity index (χ1v) is 7.61. The van der Waals surface area contributed by atoms with Gasteiger partial charge < -0.3 is 4.74 Å². The van der Waals surface area contributed by atoms with Crippen LogP contribution in [0.2, 0.25) is 5.02 Å². The zero-order valence-electron chi connectivity index (χ0n) is 10.6. The highest BCUT2D eigenvalue weighted by atomic mass is 35.5. The third kappa shape index (κ3) is 3.37. The third-order valence-corrected chi connectivity index (χ3v) is 3.93. The Morgan fingerprint density at radius 3 is 2.60 bits per heavy atom. The lowest BCUT2D eigenvalue weighted by Gasteiger charge is -2.09. The van der Waals surface area contributed by atoms with Gasteiger partial charge in [0.05, 0.1) is 16.5 Å². The highest BCUT2D eigenvalue weighted by Gasteiger charge is 2.17. The molecular formula is C12H12ClN3O3S. The van der Waals surface area contributed by atoms with Gasteiger partial charge in [-0.3, -0.25) is 0 Å². The molecule has 0 bridgehead atoms. The molecule has 8 heteroatoms. The maximum atomic E-state index is 12.1. The highest BCUT2D eigenvalue weighted by molar-refractivity contribution is 7.92. The molecule has 0 aliphatic carbocycles. The van der Waals surface area contributed by atoms with Crippen molar-refractivity contribution in [2.75, 3.05) is 11.3 Å². The van der Waals surface area contributed by atoms with Gasteiger partial charge in [0.15, 0.2) is 0 Å². The number of hydrogen-bond acceptors (Lipinski definition) is 5. The van der Waals surface area contributed by atoms with Crippen molar-refractivity contribution in [1.82, 2.24) is 9.97 Å². The predicted octanol–water partition coefficient (Wildman–Crippen LogP) is 2.33. The first kappa shape index (κ1) is 14.5. The van der Waals surface area contributed by atoms with Gasteiger partial charge in [-0.1, -0.05) is 11.6 Å². The van der Waals surface area contributed by atoms with Crippen LogP contribution < -0.4 is 9.46 Å². The van der Waals surface area contributed by atoms with Crippen LogP contribution in [0.3, 0.4) is 0 Å². The molecule has 0 saturated carbocycles. The van der Waals surface area contributed by atoms with Crippen LogP contribution in [0, 0.1) is 0 Å². The van der Waals surface area contributed by atoms with Crippen LogP contribution >= 0.6 is 11.6 Å². The molecule has 6 nitrogen and oxygen atoms in total. The minimum absolute atomic E-state index is 0.00231. The monoisotopic (exact) mass is 313 g/mol. The fraction of sp³-hybridized carbons (Fsp3) is 0.167. The van der Waals surface area contributed by atoms with Crippen molar-refractivity contribution in [2.45, 2.75) is 11.8 Å². The number of hydrogen-bond donors (Lipinski definition) is 1. The van der Waals surface area contributed by atoms with Crippen molar-refractivity contribution in [3.05, 3.63) is 41.7 Å². The van der Waals surface area contributed by atoms with Gasteiger partial charge in [-0.05, 0) is 31.2 Å². The molecular weight excluding hydrogens is 302 g/mol. The minimum Gasteiger partial charge on any atom is -0.492 e. The van der Waals surface area contributed by atoms with E-state index in [9.17, 15) is 8.42 Å². The van der Waals surface area contributed by atoms with Crippen LogP contribution in [0.1, 0.15) is 6.92 Å². The normalized spacial score (nSPS) is 11.1. The van der Waals surface area contributed by atoms with E-state index in [1.54, 1.807) is 6.07 Å². The third-order valence-electron chi connectivity index (χ3n) is 2.30. The first-order chi connectivity index (χ1) is 9.53. The molecule has 0 atom stereocenters. The molecule has 106 valence electrons. The summed E-state index contributed by atoms with van der Waals surface area (Å²) in [7, 11) is -3.78. The zero-order chi connectivity index (χ0) is 14.6. The molecule has 0 saturated heterocycles. The van der Waals surface area contributed by atoms with Crippen LogP contribution in [-0.2, 0) is 10.0 Å². The van der Waals surface area contributed by atoms with Gasteiger partial charge in [0.1, 0.15) is 5.75 Å². The Bertz CT molecular complexity index is 692. The van der Waals surface area contributed by atoms with Crippen molar-refractivity contribution in [2.24, 2.45) is 0 Å². The molecule has 0 radical (unpaired) electrons. The van der Waals surface area contributed by atoms with Crippen LogP contribution in [0.25, 0.3) is 0 Å². The molecule has 0 aliphatic rings. The summed E-state index contributed by atoms with van der Waals surface area (Å²) in [6.45, 7) is 2.26. The van der Waals surface area contributed by atoms with Crippen molar-refractivity contribution in [3.63, 3.8) is 0 Å². The minimum atomic E-state index is -3.78. The Hall–Kier alpha value is -1.86. The van der Waals surface area contributed by atoms with E-state index in [0.717, 1.165) is 0 Å². The van der Waals surface area contributed by atoms with E-state index in [1.807, 2.05) is 6.92 Å². The number of rotatable bonds is 5. The van der Waals surface area contributed by atoms with E-state index in [4.69, 9.17) is 16.3 Å². The summed E-state index contributed by atoms with van der Waals surface area (Å²) < 4.78 is 31.8. The molecule has 0 amide bonds. The summed E-state index contributed by atoms with van der Waals surface area (Å²) in [5.74, 6) is 0.432. The fourth-order valence-corrected chi connectivity index (χ4v) is 2.74. The molecule has 0 spiro atoms. The molecule has 1 aromatic carbocycles. The highest BCUT2D eigenvalue weighted by Crippen LogP contribution is 2.27. The Kier molecular flexibility index (Phi) is 4.41. The van der Waals surface area contributed by atoms with Gasteiger partial charge in [-0.15, -0.1) is 0 Å². The Labute approximate surface area is 121 Å². The maximum absolute atomic E-state index is 12.1. The van der Waals surface area contributed by atoms with Crippen molar-refractivity contribution >= 4 is 27.6 Å². The van der Waals surface area contributed by atoms with Crippen molar-refractivity contribution in [1.29, 1.82) is 0 Å². The molecule has 20 heavy (non-hydrogen) atoms. The quantitative estimate of drug-likeness (QED) is 0.916. The SMILES string of the molecule is CCOc1ccc(S(=O)(=O)Nc2ncccn2)cc1Cl. The van der Waals surface area contributed by atoms with Gasteiger partial charge in [-0.25, -0.2) is 23.1 Å². The van der Waals surface area contributed by atoms with Crippen molar-refractivity contribution < 1.29 is 13.2 Å². The average molecular weight is 314 g/mol. The van der Waals surface area contributed by atoms with E-state index in [0.29, 0.717) is 12.4 Å². The summed E-state index contributed by atoms with van der Waals surface area (Å²) in [5, 5.41) is 0.226. The number of ether oxygens (including phenoxy) is 1. The number of aromatic nitrogens is 2. The fourth-order valence-electron chi connectivity index (χ4n) is 1.45. The number of anilines is 1. The lowest BCUT2D eigenvalue weighted by atomic mass is 10.3. The molecule has 1 heterocycles. The first-order valence-electron chi connectivity index (χ1n) is 5.75. The van der Waals surface area contributed by atoms with Crippen molar-refractivity contribution in [3.8, 4) is 5.75 Å². The number of benzene rings is 1. The van der Waals surface area contributed by atoms with E-state index < -0.39 is 10.0 Å². The van der Waals surface area contributed by atoms with Crippen LogP contribution in [-0.4, -0.2) is 25.0 Å². The smallest absolute Gasteiger partial charge is 0.264 e. The van der Waals surface area contributed by atoms with Gasteiger partial charge in [-0.2, -0.15) is 0 Å². The van der Waals surface area contributed by atoms with Gasteiger partial charge in [0.2, 0.25) is 5.95 Å².